The summed E-state index contributed by atoms with van der Waals surface area (Å²) < 4.78 is 4.96. The van der Waals surface area contributed by atoms with Gasteiger partial charge in [0.05, 0.1) is 29.0 Å². The van der Waals surface area contributed by atoms with E-state index in [2.05, 4.69) is 10.5 Å². The molecule has 0 aliphatic heterocycles. The number of hydrogen-bond acceptors (Lipinski definition) is 4. The van der Waals surface area contributed by atoms with E-state index in [-0.39, 0.29) is 11.9 Å². The van der Waals surface area contributed by atoms with Crippen LogP contribution in [-0.4, -0.2) is 16.0 Å². The van der Waals surface area contributed by atoms with Crippen LogP contribution in [0.3, 0.4) is 0 Å². The molecule has 134 valence electrons. The van der Waals surface area contributed by atoms with Crippen molar-refractivity contribution in [1.29, 1.82) is 0 Å². The van der Waals surface area contributed by atoms with E-state index < -0.39 is 0 Å². The number of para-hydroxylation sites is 1. The number of carbonyl (C=O) groups is 1. The Kier molecular flexibility index (Phi) is 4.42. The van der Waals surface area contributed by atoms with Gasteiger partial charge in [-0.3, -0.25) is 4.79 Å². The monoisotopic (exact) mass is 357 g/mol. The first kappa shape index (κ1) is 17.0. The van der Waals surface area contributed by atoms with E-state index in [1.54, 1.807) is 12.5 Å². The van der Waals surface area contributed by atoms with Gasteiger partial charge in [0.1, 0.15) is 6.26 Å². The molecule has 4 aromatic rings. The number of nitrogens with zero attached hydrogens (tertiary/aromatic N) is 2. The highest BCUT2D eigenvalue weighted by molar-refractivity contribution is 5.96. The zero-order chi connectivity index (χ0) is 18.8. The molecule has 0 fully saturated rings. The molecule has 5 heteroatoms. The minimum atomic E-state index is -0.191. The van der Waals surface area contributed by atoms with Crippen LogP contribution in [0.1, 0.15) is 34.5 Å². The summed E-state index contributed by atoms with van der Waals surface area (Å²) in [7, 11) is 0. The Morgan fingerprint density at radius 1 is 1.11 bits per heavy atom. The SMILES string of the molecule is Cc1ccccc1C(=O)N[C@H](C)c1cc(-c2cnoc2)nc2ccccc12. The van der Waals surface area contributed by atoms with Crippen molar-refractivity contribution in [3.63, 3.8) is 0 Å². The molecule has 0 aliphatic rings. The van der Waals surface area contributed by atoms with Crippen molar-refractivity contribution in [2.24, 2.45) is 0 Å². The first-order valence-electron chi connectivity index (χ1n) is 8.79. The number of pyridine rings is 1. The van der Waals surface area contributed by atoms with Crippen LogP contribution in [0.25, 0.3) is 22.2 Å². The molecule has 0 saturated carbocycles. The van der Waals surface area contributed by atoms with Crippen LogP contribution in [0.4, 0.5) is 0 Å². The average molecular weight is 357 g/mol. The van der Waals surface area contributed by atoms with Gasteiger partial charge < -0.3 is 9.84 Å². The topological polar surface area (TPSA) is 68.0 Å². The summed E-state index contributed by atoms with van der Waals surface area (Å²) >= 11 is 0. The maximum absolute atomic E-state index is 12.7. The summed E-state index contributed by atoms with van der Waals surface area (Å²) in [6.45, 7) is 3.92. The van der Waals surface area contributed by atoms with Gasteiger partial charge in [0.15, 0.2) is 0 Å². The first-order valence-corrected chi connectivity index (χ1v) is 8.79. The number of aryl methyl sites for hydroxylation is 1. The second-order valence-electron chi connectivity index (χ2n) is 6.54. The highest BCUT2D eigenvalue weighted by Gasteiger charge is 2.17. The molecule has 0 saturated heterocycles. The van der Waals surface area contributed by atoms with Gasteiger partial charge in [0.25, 0.3) is 5.91 Å². The van der Waals surface area contributed by atoms with Crippen LogP contribution in [0.5, 0.6) is 0 Å². The molecule has 0 bridgehead atoms. The summed E-state index contributed by atoms with van der Waals surface area (Å²) in [5.74, 6) is -0.0898. The number of carbonyl (C=O) groups excluding carboxylic acids is 1. The lowest BCUT2D eigenvalue weighted by molar-refractivity contribution is 0.0939. The predicted molar refractivity (Wildman–Crippen MR) is 104 cm³/mol. The number of hydrogen-bond donors (Lipinski definition) is 1. The van der Waals surface area contributed by atoms with E-state index in [0.717, 1.165) is 33.3 Å². The number of aromatic nitrogens is 2. The molecule has 0 unspecified atom stereocenters. The van der Waals surface area contributed by atoms with Gasteiger partial charge in [0, 0.05) is 10.9 Å². The van der Waals surface area contributed by atoms with Gasteiger partial charge in [-0.25, -0.2) is 4.98 Å². The summed E-state index contributed by atoms with van der Waals surface area (Å²) in [5.41, 5.74) is 5.07. The fourth-order valence-electron chi connectivity index (χ4n) is 3.22. The number of amides is 1. The molecule has 1 amide bonds. The minimum Gasteiger partial charge on any atom is -0.364 e. The second-order valence-corrected chi connectivity index (χ2v) is 6.54. The molecule has 1 N–H and O–H groups in total. The van der Waals surface area contributed by atoms with E-state index in [1.165, 1.54) is 0 Å². The van der Waals surface area contributed by atoms with E-state index in [9.17, 15) is 4.79 Å². The molecule has 4 rings (SSSR count). The van der Waals surface area contributed by atoms with Gasteiger partial charge in [-0.1, -0.05) is 41.6 Å². The van der Waals surface area contributed by atoms with Crippen LogP contribution in [-0.2, 0) is 0 Å². The van der Waals surface area contributed by atoms with Crippen LogP contribution in [0.2, 0.25) is 0 Å². The molecule has 27 heavy (non-hydrogen) atoms. The third-order valence-corrected chi connectivity index (χ3v) is 4.68. The Hall–Kier alpha value is -3.47. The Bertz CT molecular complexity index is 1100. The van der Waals surface area contributed by atoms with Gasteiger partial charge in [-0.2, -0.15) is 0 Å². The summed E-state index contributed by atoms with van der Waals surface area (Å²) in [4.78, 5) is 17.4. The van der Waals surface area contributed by atoms with Crippen molar-refractivity contribution in [3.05, 3.63) is 83.7 Å². The molecule has 2 heterocycles. The zero-order valence-corrected chi connectivity index (χ0v) is 15.1. The third kappa shape index (κ3) is 3.31. The molecule has 5 nitrogen and oxygen atoms in total. The van der Waals surface area contributed by atoms with E-state index in [0.29, 0.717) is 5.56 Å². The van der Waals surface area contributed by atoms with Crippen molar-refractivity contribution < 1.29 is 9.32 Å². The first-order chi connectivity index (χ1) is 13.1. The van der Waals surface area contributed by atoms with Gasteiger partial charge in [-0.05, 0) is 43.2 Å². The van der Waals surface area contributed by atoms with Gasteiger partial charge in [0.2, 0.25) is 0 Å². The standard InChI is InChI=1S/C22H19N3O2/c1-14-7-3-4-8-17(14)22(26)24-15(2)19-11-21(16-12-23-27-13-16)25-20-10-6-5-9-18(19)20/h3-13,15H,1-2H3,(H,24,26)/t15-/m1/s1. The van der Waals surface area contributed by atoms with Crippen LogP contribution in [0, 0.1) is 6.92 Å². The third-order valence-electron chi connectivity index (χ3n) is 4.68. The van der Waals surface area contributed by atoms with Crippen LogP contribution < -0.4 is 5.32 Å². The van der Waals surface area contributed by atoms with Crippen LogP contribution >= 0.6 is 0 Å². The Morgan fingerprint density at radius 3 is 2.67 bits per heavy atom. The highest BCUT2D eigenvalue weighted by Crippen LogP contribution is 2.28. The molecule has 0 aliphatic carbocycles. The molecule has 1 atom stereocenters. The molecule has 0 radical (unpaired) electrons. The highest BCUT2D eigenvalue weighted by atomic mass is 16.5. The van der Waals surface area contributed by atoms with Gasteiger partial charge in [-0.15, -0.1) is 0 Å². The Labute approximate surface area is 157 Å². The quantitative estimate of drug-likeness (QED) is 0.575. The molecular weight excluding hydrogens is 338 g/mol. The second kappa shape index (κ2) is 7.03. The smallest absolute Gasteiger partial charge is 0.252 e. The van der Waals surface area contributed by atoms with Crippen molar-refractivity contribution in [2.45, 2.75) is 19.9 Å². The predicted octanol–water partition coefficient (Wildman–Crippen LogP) is 4.69. The maximum Gasteiger partial charge on any atom is 0.252 e. The molecule has 0 spiro atoms. The Morgan fingerprint density at radius 2 is 1.89 bits per heavy atom. The number of rotatable bonds is 4. The molecule has 2 aromatic heterocycles. The largest absolute Gasteiger partial charge is 0.364 e. The summed E-state index contributed by atoms with van der Waals surface area (Å²) in [6, 6.07) is 17.3. The lowest BCUT2D eigenvalue weighted by Gasteiger charge is -2.18. The molecular formula is C22H19N3O2. The number of nitrogens with one attached hydrogen (secondary N) is 1. The lowest BCUT2D eigenvalue weighted by atomic mass is 9.99. The fraction of sp³-hybridized carbons (Fsp3) is 0.136. The average Bonchev–Trinajstić information content (AvgIpc) is 3.22. The lowest BCUT2D eigenvalue weighted by Crippen LogP contribution is -2.27. The maximum atomic E-state index is 12.7. The molecule has 2 aromatic carbocycles. The van der Waals surface area contributed by atoms with Gasteiger partial charge >= 0.3 is 0 Å². The fourth-order valence-corrected chi connectivity index (χ4v) is 3.22. The normalized spacial score (nSPS) is 12.1. The Balaban J connectivity index is 1.73. The van der Waals surface area contributed by atoms with Crippen molar-refractivity contribution >= 4 is 16.8 Å². The summed E-state index contributed by atoms with van der Waals surface area (Å²) in [5, 5.41) is 7.89. The van der Waals surface area contributed by atoms with E-state index in [4.69, 9.17) is 9.51 Å². The minimum absolute atomic E-state index is 0.0898. The summed E-state index contributed by atoms with van der Waals surface area (Å²) in [6.07, 6.45) is 3.20. The van der Waals surface area contributed by atoms with E-state index >= 15 is 0 Å². The zero-order valence-electron chi connectivity index (χ0n) is 15.1. The van der Waals surface area contributed by atoms with Crippen molar-refractivity contribution in [3.8, 4) is 11.3 Å². The number of benzene rings is 2. The number of fused-ring (bicyclic) bond motifs is 1. The van der Waals surface area contributed by atoms with E-state index in [1.807, 2.05) is 68.4 Å². The van der Waals surface area contributed by atoms with Crippen molar-refractivity contribution in [2.75, 3.05) is 0 Å². The van der Waals surface area contributed by atoms with Crippen molar-refractivity contribution in [1.82, 2.24) is 15.5 Å². The van der Waals surface area contributed by atoms with Crippen LogP contribution in [0.15, 0.2) is 71.6 Å².